The summed E-state index contributed by atoms with van der Waals surface area (Å²) in [4.78, 5) is 10.9. The number of Topliss-reactive ketones (excluding diaryl/α,β-unsaturated/α-hetero) is 1. The molecule has 0 saturated carbocycles. The molecule has 0 aliphatic heterocycles. The molecular formula is C14H12F2O. The molecule has 0 spiro atoms. The van der Waals surface area contributed by atoms with E-state index < -0.39 is 11.6 Å². The number of benzene rings is 2. The van der Waals surface area contributed by atoms with Crippen LogP contribution in [0.4, 0.5) is 8.78 Å². The molecule has 0 radical (unpaired) electrons. The van der Waals surface area contributed by atoms with Gasteiger partial charge in [-0.25, -0.2) is 8.78 Å². The molecule has 0 unspecified atom stereocenters. The lowest BCUT2D eigenvalue weighted by Crippen LogP contribution is -1.96. The summed E-state index contributed by atoms with van der Waals surface area (Å²) in [5.41, 5.74) is 0.802. The number of carbonyl (C=O) groups is 1. The number of carbonyl (C=O) groups excluding carboxylic acids is 1. The van der Waals surface area contributed by atoms with Crippen molar-refractivity contribution in [2.75, 3.05) is 0 Å². The van der Waals surface area contributed by atoms with Crippen LogP contribution in [0.25, 0.3) is 10.8 Å². The third kappa shape index (κ3) is 2.33. The largest absolute Gasteiger partial charge is 0.300 e. The van der Waals surface area contributed by atoms with Gasteiger partial charge in [0, 0.05) is 6.42 Å². The van der Waals surface area contributed by atoms with E-state index in [0.29, 0.717) is 18.2 Å². The molecule has 2 aromatic carbocycles. The van der Waals surface area contributed by atoms with Crippen molar-refractivity contribution in [2.24, 2.45) is 0 Å². The fourth-order valence-corrected chi connectivity index (χ4v) is 1.91. The second-order valence-electron chi connectivity index (χ2n) is 4.07. The zero-order valence-electron chi connectivity index (χ0n) is 9.47. The van der Waals surface area contributed by atoms with Crippen LogP contribution in [0, 0.1) is 11.6 Å². The maximum atomic E-state index is 13.5. The third-order valence-electron chi connectivity index (χ3n) is 2.78. The van der Waals surface area contributed by atoms with E-state index >= 15 is 0 Å². The van der Waals surface area contributed by atoms with Gasteiger partial charge in [-0.15, -0.1) is 0 Å². The van der Waals surface area contributed by atoms with Gasteiger partial charge in [-0.2, -0.15) is 0 Å². The van der Waals surface area contributed by atoms with Crippen LogP contribution < -0.4 is 0 Å². The minimum atomic E-state index is -0.565. The van der Waals surface area contributed by atoms with E-state index in [1.807, 2.05) is 0 Å². The molecule has 0 aliphatic rings. The van der Waals surface area contributed by atoms with Crippen LogP contribution in [0.1, 0.15) is 18.9 Å². The van der Waals surface area contributed by atoms with Gasteiger partial charge in [-0.1, -0.05) is 18.2 Å². The Morgan fingerprint density at radius 1 is 1.12 bits per heavy atom. The van der Waals surface area contributed by atoms with Crippen LogP contribution in [-0.2, 0) is 11.2 Å². The lowest BCUT2D eigenvalue weighted by Gasteiger charge is -2.07. The Morgan fingerprint density at radius 2 is 1.82 bits per heavy atom. The standard InChI is InChI=1S/C14H12F2O/c1-9(17)5-6-10-7-8-13(16)14-11(10)3-2-4-12(14)15/h2-4,7-8H,5-6H2,1H3. The molecule has 2 rings (SSSR count). The van der Waals surface area contributed by atoms with Crippen molar-refractivity contribution in [2.45, 2.75) is 19.8 Å². The van der Waals surface area contributed by atoms with Crippen molar-refractivity contribution < 1.29 is 13.6 Å². The van der Waals surface area contributed by atoms with Crippen molar-refractivity contribution >= 4 is 16.6 Å². The van der Waals surface area contributed by atoms with Gasteiger partial charge in [0.05, 0.1) is 5.39 Å². The number of fused-ring (bicyclic) bond motifs is 1. The smallest absolute Gasteiger partial charge is 0.133 e. The van der Waals surface area contributed by atoms with E-state index in [1.165, 1.54) is 19.1 Å². The lowest BCUT2D eigenvalue weighted by atomic mass is 9.99. The first-order valence-electron chi connectivity index (χ1n) is 5.44. The van der Waals surface area contributed by atoms with Gasteiger partial charge >= 0.3 is 0 Å². The molecule has 0 saturated heterocycles. The van der Waals surface area contributed by atoms with Crippen molar-refractivity contribution in [3.8, 4) is 0 Å². The monoisotopic (exact) mass is 234 g/mol. The molecule has 0 fully saturated rings. The number of halogens is 2. The number of aryl methyl sites for hydroxylation is 1. The second-order valence-corrected chi connectivity index (χ2v) is 4.07. The first-order chi connectivity index (χ1) is 8.09. The average Bonchev–Trinajstić information content (AvgIpc) is 2.28. The third-order valence-corrected chi connectivity index (χ3v) is 2.78. The summed E-state index contributed by atoms with van der Waals surface area (Å²) >= 11 is 0. The van der Waals surface area contributed by atoms with E-state index in [0.717, 1.165) is 5.56 Å². The topological polar surface area (TPSA) is 17.1 Å². The molecule has 0 aromatic heterocycles. The van der Waals surface area contributed by atoms with E-state index in [1.54, 1.807) is 18.2 Å². The molecule has 0 atom stereocenters. The van der Waals surface area contributed by atoms with Crippen LogP contribution in [0.2, 0.25) is 0 Å². The summed E-state index contributed by atoms with van der Waals surface area (Å²) in [6.45, 7) is 1.51. The summed E-state index contributed by atoms with van der Waals surface area (Å²) in [5, 5.41) is 0.555. The molecule has 17 heavy (non-hydrogen) atoms. The second kappa shape index (κ2) is 4.62. The fourth-order valence-electron chi connectivity index (χ4n) is 1.91. The Morgan fingerprint density at radius 3 is 2.53 bits per heavy atom. The maximum Gasteiger partial charge on any atom is 0.133 e. The summed E-state index contributed by atoms with van der Waals surface area (Å²) in [5.74, 6) is -1.06. The highest BCUT2D eigenvalue weighted by Crippen LogP contribution is 2.25. The number of ketones is 1. The van der Waals surface area contributed by atoms with Gasteiger partial charge in [0.25, 0.3) is 0 Å². The number of hydrogen-bond acceptors (Lipinski definition) is 1. The highest BCUT2D eigenvalue weighted by molar-refractivity contribution is 5.87. The van der Waals surface area contributed by atoms with Crippen molar-refractivity contribution in [1.82, 2.24) is 0 Å². The highest BCUT2D eigenvalue weighted by atomic mass is 19.1. The molecule has 1 nitrogen and oxygen atoms in total. The average molecular weight is 234 g/mol. The van der Waals surface area contributed by atoms with Crippen LogP contribution >= 0.6 is 0 Å². The van der Waals surface area contributed by atoms with Gasteiger partial charge in [0.1, 0.15) is 17.4 Å². The summed E-state index contributed by atoms with van der Waals surface area (Å²) in [6.07, 6.45) is 0.896. The van der Waals surface area contributed by atoms with Crippen LogP contribution in [0.5, 0.6) is 0 Å². The fraction of sp³-hybridized carbons (Fsp3) is 0.214. The van der Waals surface area contributed by atoms with Crippen LogP contribution in [0.3, 0.4) is 0 Å². The lowest BCUT2D eigenvalue weighted by molar-refractivity contribution is -0.116. The van der Waals surface area contributed by atoms with Crippen LogP contribution in [-0.4, -0.2) is 5.78 Å². The molecule has 0 bridgehead atoms. The molecule has 3 heteroatoms. The molecular weight excluding hydrogens is 222 g/mol. The predicted molar refractivity (Wildman–Crippen MR) is 62.9 cm³/mol. The number of hydrogen-bond donors (Lipinski definition) is 0. The Labute approximate surface area is 98.1 Å². The van der Waals surface area contributed by atoms with E-state index in [-0.39, 0.29) is 11.2 Å². The van der Waals surface area contributed by atoms with E-state index in [9.17, 15) is 13.6 Å². The van der Waals surface area contributed by atoms with Gasteiger partial charge in [-0.05, 0) is 36.4 Å². The van der Waals surface area contributed by atoms with Gasteiger partial charge in [-0.3, -0.25) is 0 Å². The van der Waals surface area contributed by atoms with Gasteiger partial charge in [0.15, 0.2) is 0 Å². The SMILES string of the molecule is CC(=O)CCc1ccc(F)c2c(F)cccc12. The van der Waals surface area contributed by atoms with Crippen LogP contribution in [0.15, 0.2) is 30.3 Å². The first-order valence-corrected chi connectivity index (χ1v) is 5.44. The molecule has 0 amide bonds. The molecule has 0 heterocycles. The maximum absolute atomic E-state index is 13.5. The van der Waals surface area contributed by atoms with Crippen molar-refractivity contribution in [3.05, 3.63) is 47.5 Å². The van der Waals surface area contributed by atoms with E-state index in [2.05, 4.69) is 0 Å². The summed E-state index contributed by atoms with van der Waals surface area (Å²) < 4.78 is 27.0. The predicted octanol–water partition coefficient (Wildman–Crippen LogP) is 3.64. The zero-order chi connectivity index (χ0) is 12.4. The van der Waals surface area contributed by atoms with E-state index in [4.69, 9.17) is 0 Å². The first kappa shape index (κ1) is 11.7. The van der Waals surface area contributed by atoms with Crippen molar-refractivity contribution in [1.29, 1.82) is 0 Å². The molecule has 88 valence electrons. The summed E-state index contributed by atoms with van der Waals surface area (Å²) in [7, 11) is 0. The molecule has 2 aromatic rings. The normalized spacial score (nSPS) is 10.8. The molecule has 0 N–H and O–H groups in total. The zero-order valence-corrected chi connectivity index (χ0v) is 9.47. The van der Waals surface area contributed by atoms with Gasteiger partial charge in [0.2, 0.25) is 0 Å². The minimum absolute atomic E-state index is 0.00792. The molecule has 0 aliphatic carbocycles. The Kier molecular flexibility index (Phi) is 3.18. The minimum Gasteiger partial charge on any atom is -0.300 e. The Balaban J connectivity index is 2.54. The summed E-state index contributed by atoms with van der Waals surface area (Å²) in [6, 6.07) is 7.33. The van der Waals surface area contributed by atoms with Gasteiger partial charge < -0.3 is 4.79 Å². The Bertz CT molecular complexity index is 567. The number of rotatable bonds is 3. The quantitative estimate of drug-likeness (QED) is 0.792. The highest BCUT2D eigenvalue weighted by Gasteiger charge is 2.10. The Hall–Kier alpha value is -1.77. The van der Waals surface area contributed by atoms with Crippen molar-refractivity contribution in [3.63, 3.8) is 0 Å².